The number of aryl methyl sites for hydroxylation is 1. The molecule has 0 aliphatic carbocycles. The van der Waals surface area contributed by atoms with Crippen molar-refractivity contribution in [2.24, 2.45) is 5.92 Å². The monoisotopic (exact) mass is 264 g/mol. The summed E-state index contributed by atoms with van der Waals surface area (Å²) in [7, 11) is 0. The van der Waals surface area contributed by atoms with Crippen LogP contribution in [0, 0.1) is 5.92 Å². The number of hydrogen-bond donors (Lipinski definition) is 1. The summed E-state index contributed by atoms with van der Waals surface area (Å²) in [6.07, 6.45) is 2.04. The van der Waals surface area contributed by atoms with E-state index in [1.807, 2.05) is 12.1 Å². The Kier molecular flexibility index (Phi) is 6.29. The summed E-state index contributed by atoms with van der Waals surface area (Å²) in [6.45, 7) is 12.0. The van der Waals surface area contributed by atoms with Crippen LogP contribution in [0.25, 0.3) is 0 Å². The van der Waals surface area contributed by atoms with Gasteiger partial charge in [-0.1, -0.05) is 27.2 Å². The highest BCUT2D eigenvalue weighted by Gasteiger charge is 2.15. The molecule has 19 heavy (non-hydrogen) atoms. The first-order valence-corrected chi connectivity index (χ1v) is 7.35. The van der Waals surface area contributed by atoms with Crippen molar-refractivity contribution in [1.82, 2.24) is 4.98 Å². The van der Waals surface area contributed by atoms with Crippen LogP contribution in [0.1, 0.15) is 52.3 Å². The molecule has 1 N–H and O–H groups in total. The molecule has 0 aromatic carbocycles. The van der Waals surface area contributed by atoms with E-state index in [-0.39, 0.29) is 6.61 Å². The van der Waals surface area contributed by atoms with Crippen LogP contribution < -0.4 is 4.90 Å². The number of pyridine rings is 1. The third-order valence-corrected chi connectivity index (χ3v) is 3.09. The second-order valence-corrected chi connectivity index (χ2v) is 5.87. The first-order valence-electron chi connectivity index (χ1n) is 7.35. The standard InChI is InChI=1S/C16H28N2O/c1-6-7-15-8-14(11-19)9-16(17-15)18(13(4)5)10-12(2)3/h8-9,12-13,19H,6-7,10-11H2,1-5H3. The van der Waals surface area contributed by atoms with E-state index in [1.54, 1.807) is 0 Å². The largest absolute Gasteiger partial charge is 0.392 e. The molecule has 0 saturated heterocycles. The maximum atomic E-state index is 9.41. The van der Waals surface area contributed by atoms with Crippen LogP contribution in [0.3, 0.4) is 0 Å². The van der Waals surface area contributed by atoms with Gasteiger partial charge in [0.15, 0.2) is 0 Å². The number of nitrogens with zero attached hydrogens (tertiary/aromatic N) is 2. The van der Waals surface area contributed by atoms with Gasteiger partial charge < -0.3 is 10.0 Å². The number of anilines is 1. The van der Waals surface area contributed by atoms with Gasteiger partial charge in [0.1, 0.15) is 5.82 Å². The molecular weight excluding hydrogens is 236 g/mol. The highest BCUT2D eigenvalue weighted by atomic mass is 16.3. The summed E-state index contributed by atoms with van der Waals surface area (Å²) in [5.41, 5.74) is 2.04. The van der Waals surface area contributed by atoms with Crippen LogP contribution in [0.5, 0.6) is 0 Å². The molecule has 0 spiro atoms. The molecule has 3 heteroatoms. The first-order chi connectivity index (χ1) is 8.97. The molecule has 0 fully saturated rings. The predicted molar refractivity (Wildman–Crippen MR) is 81.5 cm³/mol. The topological polar surface area (TPSA) is 36.4 Å². The van der Waals surface area contributed by atoms with Crippen LogP contribution in [0.2, 0.25) is 0 Å². The average molecular weight is 264 g/mol. The smallest absolute Gasteiger partial charge is 0.129 e. The van der Waals surface area contributed by atoms with Gasteiger partial charge >= 0.3 is 0 Å². The molecule has 0 amide bonds. The highest BCUT2D eigenvalue weighted by molar-refractivity contribution is 5.43. The van der Waals surface area contributed by atoms with Crippen LogP contribution in [0.15, 0.2) is 12.1 Å². The Morgan fingerprint density at radius 3 is 2.37 bits per heavy atom. The highest BCUT2D eigenvalue weighted by Crippen LogP contribution is 2.20. The van der Waals surface area contributed by atoms with Crippen molar-refractivity contribution in [3.63, 3.8) is 0 Å². The van der Waals surface area contributed by atoms with E-state index in [9.17, 15) is 5.11 Å². The second kappa shape index (κ2) is 7.49. The summed E-state index contributed by atoms with van der Waals surface area (Å²) in [6, 6.07) is 4.45. The fourth-order valence-corrected chi connectivity index (χ4v) is 2.22. The Morgan fingerprint density at radius 1 is 1.21 bits per heavy atom. The maximum absolute atomic E-state index is 9.41. The first kappa shape index (κ1) is 16.0. The molecule has 108 valence electrons. The maximum Gasteiger partial charge on any atom is 0.129 e. The van der Waals surface area contributed by atoms with Crippen molar-refractivity contribution in [3.05, 3.63) is 23.4 Å². The van der Waals surface area contributed by atoms with Crippen LogP contribution in [-0.4, -0.2) is 22.7 Å². The normalized spacial score (nSPS) is 11.4. The molecule has 1 heterocycles. The molecule has 0 aliphatic heterocycles. The summed E-state index contributed by atoms with van der Waals surface area (Å²) in [5.74, 6) is 1.59. The van der Waals surface area contributed by atoms with Crippen LogP contribution >= 0.6 is 0 Å². The number of hydrogen-bond acceptors (Lipinski definition) is 3. The molecule has 1 aromatic heterocycles. The minimum absolute atomic E-state index is 0.0832. The number of rotatable bonds is 7. The Balaban J connectivity index is 3.09. The van der Waals surface area contributed by atoms with Gasteiger partial charge in [-0.25, -0.2) is 4.98 Å². The molecule has 1 rings (SSSR count). The minimum atomic E-state index is 0.0832. The summed E-state index contributed by atoms with van der Waals surface area (Å²) in [4.78, 5) is 7.08. The number of aliphatic hydroxyl groups excluding tert-OH is 1. The van der Waals surface area contributed by atoms with Crippen LogP contribution in [0.4, 0.5) is 5.82 Å². The lowest BCUT2D eigenvalue weighted by molar-refractivity contribution is 0.281. The molecular formula is C16H28N2O. The lowest BCUT2D eigenvalue weighted by Crippen LogP contribution is -2.35. The van der Waals surface area contributed by atoms with Crippen molar-refractivity contribution in [1.29, 1.82) is 0 Å². The molecule has 1 aromatic rings. The lowest BCUT2D eigenvalue weighted by atomic mass is 10.1. The second-order valence-electron chi connectivity index (χ2n) is 5.87. The van der Waals surface area contributed by atoms with E-state index in [2.05, 4.69) is 39.5 Å². The SMILES string of the molecule is CCCc1cc(CO)cc(N(CC(C)C)C(C)C)n1. The molecule has 0 bridgehead atoms. The molecule has 0 saturated carbocycles. The lowest BCUT2D eigenvalue weighted by Gasteiger charge is -2.30. The zero-order chi connectivity index (χ0) is 14.4. The predicted octanol–water partition coefficient (Wildman–Crippen LogP) is 3.40. The Labute approximate surface area is 117 Å². The Morgan fingerprint density at radius 2 is 1.89 bits per heavy atom. The van der Waals surface area contributed by atoms with Gasteiger partial charge in [0, 0.05) is 18.3 Å². The van der Waals surface area contributed by atoms with Crippen LogP contribution in [-0.2, 0) is 13.0 Å². The zero-order valence-electron chi connectivity index (χ0n) is 13.0. The van der Waals surface area contributed by atoms with Crippen molar-refractivity contribution >= 4 is 5.82 Å². The van der Waals surface area contributed by atoms with E-state index in [0.717, 1.165) is 36.5 Å². The van der Waals surface area contributed by atoms with E-state index in [4.69, 9.17) is 4.98 Å². The van der Waals surface area contributed by atoms with Crippen molar-refractivity contribution in [2.75, 3.05) is 11.4 Å². The zero-order valence-corrected chi connectivity index (χ0v) is 13.0. The Bertz CT molecular complexity index is 388. The fourth-order valence-electron chi connectivity index (χ4n) is 2.22. The van der Waals surface area contributed by atoms with Gasteiger partial charge in [0.2, 0.25) is 0 Å². The third-order valence-electron chi connectivity index (χ3n) is 3.09. The van der Waals surface area contributed by atoms with Gasteiger partial charge in [-0.15, -0.1) is 0 Å². The average Bonchev–Trinajstić information content (AvgIpc) is 2.35. The van der Waals surface area contributed by atoms with E-state index in [0.29, 0.717) is 12.0 Å². The van der Waals surface area contributed by atoms with Crippen molar-refractivity contribution in [2.45, 2.75) is 60.1 Å². The minimum Gasteiger partial charge on any atom is -0.392 e. The van der Waals surface area contributed by atoms with Gasteiger partial charge in [-0.05, 0) is 43.9 Å². The van der Waals surface area contributed by atoms with E-state index < -0.39 is 0 Å². The molecule has 0 radical (unpaired) electrons. The summed E-state index contributed by atoms with van der Waals surface area (Å²) < 4.78 is 0. The number of aliphatic hydroxyl groups is 1. The van der Waals surface area contributed by atoms with Gasteiger partial charge in [-0.3, -0.25) is 0 Å². The van der Waals surface area contributed by atoms with Crippen molar-refractivity contribution < 1.29 is 5.11 Å². The van der Waals surface area contributed by atoms with Crippen molar-refractivity contribution in [3.8, 4) is 0 Å². The summed E-state index contributed by atoms with van der Waals surface area (Å²) in [5, 5.41) is 9.41. The molecule has 0 aliphatic rings. The quantitative estimate of drug-likeness (QED) is 0.820. The van der Waals surface area contributed by atoms with Gasteiger partial charge in [0.05, 0.1) is 6.61 Å². The van der Waals surface area contributed by atoms with Gasteiger partial charge in [0.25, 0.3) is 0 Å². The summed E-state index contributed by atoms with van der Waals surface area (Å²) >= 11 is 0. The number of aromatic nitrogens is 1. The molecule has 0 unspecified atom stereocenters. The molecule has 3 nitrogen and oxygen atoms in total. The fraction of sp³-hybridized carbons (Fsp3) is 0.688. The molecule has 0 atom stereocenters. The van der Waals surface area contributed by atoms with E-state index in [1.165, 1.54) is 0 Å². The van der Waals surface area contributed by atoms with E-state index >= 15 is 0 Å². The van der Waals surface area contributed by atoms with Gasteiger partial charge in [-0.2, -0.15) is 0 Å². The third kappa shape index (κ3) is 4.83. The Hall–Kier alpha value is -1.09.